The predicted octanol–water partition coefficient (Wildman–Crippen LogP) is 6.76. The molecule has 4 aromatic rings. The van der Waals surface area contributed by atoms with E-state index in [9.17, 15) is 5.11 Å². The number of aromatic nitrogens is 3. The molecule has 0 aliphatic carbocycles. The number of fused-ring (bicyclic) bond motifs is 1. The second-order valence-corrected chi connectivity index (χ2v) is 10.8. The van der Waals surface area contributed by atoms with Crippen LogP contribution < -0.4 is 0 Å². The highest BCUT2D eigenvalue weighted by molar-refractivity contribution is 5.91. The van der Waals surface area contributed by atoms with Gasteiger partial charge in [0, 0.05) is 28.3 Å². The molecule has 0 amide bonds. The van der Waals surface area contributed by atoms with Crippen molar-refractivity contribution in [2.24, 2.45) is 0 Å². The zero-order chi connectivity index (χ0) is 23.3. The molecule has 0 atom stereocenters. The Hall–Kier alpha value is -3.14. The molecule has 166 valence electrons. The van der Waals surface area contributed by atoms with Gasteiger partial charge in [0.05, 0.1) is 6.54 Å². The van der Waals surface area contributed by atoms with E-state index in [4.69, 9.17) is 5.10 Å². The van der Waals surface area contributed by atoms with Gasteiger partial charge in [-0.05, 0) is 47.6 Å². The van der Waals surface area contributed by atoms with Gasteiger partial charge in [-0.3, -0.25) is 0 Å². The molecule has 0 bridgehead atoms. The summed E-state index contributed by atoms with van der Waals surface area (Å²) in [5.41, 5.74) is 6.69. The van der Waals surface area contributed by atoms with Gasteiger partial charge in [-0.2, -0.15) is 5.10 Å². The van der Waals surface area contributed by atoms with Crippen molar-refractivity contribution in [2.75, 3.05) is 0 Å². The molecular formula is C28H33N3O. The highest BCUT2D eigenvalue weighted by atomic mass is 16.3. The van der Waals surface area contributed by atoms with E-state index < -0.39 is 0 Å². The van der Waals surface area contributed by atoms with Crippen LogP contribution in [0.25, 0.3) is 22.3 Å². The third kappa shape index (κ3) is 4.14. The van der Waals surface area contributed by atoms with Gasteiger partial charge >= 0.3 is 0 Å². The number of aromatic hydroxyl groups is 1. The van der Waals surface area contributed by atoms with Crippen LogP contribution in [-0.2, 0) is 17.4 Å². The lowest BCUT2D eigenvalue weighted by Crippen LogP contribution is -2.17. The highest BCUT2D eigenvalue weighted by Crippen LogP contribution is 2.42. The van der Waals surface area contributed by atoms with Gasteiger partial charge in [-0.15, -0.1) is 0 Å². The summed E-state index contributed by atoms with van der Waals surface area (Å²) in [7, 11) is 0. The maximum absolute atomic E-state index is 11.1. The minimum atomic E-state index is -0.196. The summed E-state index contributed by atoms with van der Waals surface area (Å²) in [6.07, 6.45) is 1.82. The van der Waals surface area contributed by atoms with E-state index >= 15 is 0 Å². The second kappa shape index (κ2) is 7.77. The lowest BCUT2D eigenvalue weighted by Gasteiger charge is -2.28. The molecule has 0 saturated carbocycles. The molecule has 32 heavy (non-hydrogen) atoms. The van der Waals surface area contributed by atoms with Gasteiger partial charge in [0.25, 0.3) is 0 Å². The molecule has 0 aliphatic rings. The number of rotatable bonds is 3. The molecule has 0 aliphatic heterocycles. The Balaban J connectivity index is 1.93. The minimum Gasteiger partial charge on any atom is -0.507 e. The van der Waals surface area contributed by atoms with Gasteiger partial charge in [0.2, 0.25) is 0 Å². The Bertz CT molecular complexity index is 1230. The van der Waals surface area contributed by atoms with Crippen LogP contribution in [0.5, 0.6) is 5.75 Å². The average molecular weight is 428 g/mol. The molecule has 0 spiro atoms. The lowest BCUT2D eigenvalue weighted by atomic mass is 9.78. The van der Waals surface area contributed by atoms with Gasteiger partial charge in [0.15, 0.2) is 5.65 Å². The van der Waals surface area contributed by atoms with Crippen molar-refractivity contribution >= 4 is 11.0 Å². The minimum absolute atomic E-state index is 0.196. The van der Waals surface area contributed by atoms with Crippen molar-refractivity contribution in [1.82, 2.24) is 14.8 Å². The van der Waals surface area contributed by atoms with Crippen LogP contribution in [0.1, 0.15) is 63.8 Å². The summed E-state index contributed by atoms with van der Waals surface area (Å²) in [5.74, 6) is 0.385. The molecule has 0 saturated heterocycles. The number of pyridine rings is 1. The third-order valence-electron chi connectivity index (χ3n) is 5.96. The molecular weight excluding hydrogens is 394 g/mol. The summed E-state index contributed by atoms with van der Waals surface area (Å²) < 4.78 is 1.98. The second-order valence-electron chi connectivity index (χ2n) is 10.8. The number of benzene rings is 2. The van der Waals surface area contributed by atoms with E-state index in [1.165, 1.54) is 11.1 Å². The number of aryl methyl sites for hydroxylation is 1. The first-order valence-electron chi connectivity index (χ1n) is 11.2. The van der Waals surface area contributed by atoms with E-state index in [0.29, 0.717) is 12.3 Å². The Labute approximate surface area is 190 Å². The molecule has 2 aromatic carbocycles. The molecule has 4 rings (SSSR count). The van der Waals surface area contributed by atoms with E-state index in [2.05, 4.69) is 95.9 Å². The summed E-state index contributed by atoms with van der Waals surface area (Å²) in [6, 6.07) is 16.8. The summed E-state index contributed by atoms with van der Waals surface area (Å²) in [6.45, 7) is 15.5. The molecule has 2 heterocycles. The van der Waals surface area contributed by atoms with Crippen LogP contribution in [0, 0.1) is 6.92 Å². The Morgan fingerprint density at radius 2 is 1.47 bits per heavy atom. The van der Waals surface area contributed by atoms with Crippen LogP contribution in [0.15, 0.2) is 54.7 Å². The molecule has 0 radical (unpaired) electrons. The zero-order valence-electron chi connectivity index (χ0n) is 20.2. The van der Waals surface area contributed by atoms with Gasteiger partial charge < -0.3 is 5.11 Å². The fourth-order valence-corrected chi connectivity index (χ4v) is 4.11. The van der Waals surface area contributed by atoms with Crippen molar-refractivity contribution < 1.29 is 5.11 Å². The smallest absolute Gasteiger partial charge is 0.158 e. The van der Waals surface area contributed by atoms with Crippen molar-refractivity contribution in [3.63, 3.8) is 0 Å². The van der Waals surface area contributed by atoms with E-state index in [0.717, 1.165) is 33.4 Å². The quantitative estimate of drug-likeness (QED) is 0.393. The van der Waals surface area contributed by atoms with Gasteiger partial charge in [0.1, 0.15) is 11.4 Å². The summed E-state index contributed by atoms with van der Waals surface area (Å²) in [4.78, 5) is 4.65. The monoisotopic (exact) mass is 427 g/mol. The fraction of sp³-hybridized carbons (Fsp3) is 0.357. The van der Waals surface area contributed by atoms with Crippen LogP contribution >= 0.6 is 0 Å². The molecule has 1 N–H and O–H groups in total. The zero-order valence-corrected chi connectivity index (χ0v) is 20.2. The van der Waals surface area contributed by atoms with Crippen LogP contribution in [-0.4, -0.2) is 19.9 Å². The van der Waals surface area contributed by atoms with Crippen molar-refractivity contribution in [2.45, 2.75) is 65.8 Å². The average Bonchev–Trinajstić information content (AvgIpc) is 3.07. The Morgan fingerprint density at radius 3 is 2.03 bits per heavy atom. The molecule has 0 unspecified atom stereocenters. The summed E-state index contributed by atoms with van der Waals surface area (Å²) in [5, 5.41) is 17.2. The first kappa shape index (κ1) is 22.1. The third-order valence-corrected chi connectivity index (χ3v) is 5.96. The van der Waals surface area contributed by atoms with Crippen molar-refractivity contribution in [3.8, 4) is 17.0 Å². The van der Waals surface area contributed by atoms with E-state index in [1.54, 1.807) is 0 Å². The first-order chi connectivity index (χ1) is 14.9. The molecule has 0 fully saturated rings. The standard InChI is InChI=1S/C28H33N3O/c1-18-10-12-19(13-11-18)17-31-26-21(9-8-14-29-26)24(30-31)20-15-22(27(2,3)4)25(32)23(16-20)28(5,6)7/h8-16,32H,17H2,1-7H3. The van der Waals surface area contributed by atoms with E-state index in [-0.39, 0.29) is 10.8 Å². The Kier molecular flexibility index (Phi) is 5.36. The van der Waals surface area contributed by atoms with Gasteiger partial charge in [-0.25, -0.2) is 9.67 Å². The van der Waals surface area contributed by atoms with Crippen LogP contribution in [0.4, 0.5) is 0 Å². The topological polar surface area (TPSA) is 50.9 Å². The van der Waals surface area contributed by atoms with Crippen molar-refractivity contribution in [1.29, 1.82) is 0 Å². The van der Waals surface area contributed by atoms with E-state index in [1.807, 2.05) is 16.9 Å². The summed E-state index contributed by atoms with van der Waals surface area (Å²) >= 11 is 0. The SMILES string of the molecule is Cc1ccc(Cn2nc(-c3cc(C(C)(C)C)c(O)c(C(C)(C)C)c3)c3cccnc32)cc1. The molecule has 4 heteroatoms. The largest absolute Gasteiger partial charge is 0.507 e. The predicted molar refractivity (Wildman–Crippen MR) is 132 cm³/mol. The first-order valence-corrected chi connectivity index (χ1v) is 11.2. The number of phenols is 1. The number of hydrogen-bond donors (Lipinski definition) is 1. The van der Waals surface area contributed by atoms with Crippen molar-refractivity contribution in [3.05, 3.63) is 77.0 Å². The molecule has 2 aromatic heterocycles. The van der Waals surface area contributed by atoms with Crippen LogP contribution in [0.3, 0.4) is 0 Å². The Morgan fingerprint density at radius 1 is 0.875 bits per heavy atom. The number of phenolic OH excluding ortho intramolecular Hbond substituents is 1. The molecule has 4 nitrogen and oxygen atoms in total. The van der Waals surface area contributed by atoms with Crippen LogP contribution in [0.2, 0.25) is 0 Å². The maximum atomic E-state index is 11.1. The number of hydrogen-bond acceptors (Lipinski definition) is 3. The highest BCUT2D eigenvalue weighted by Gasteiger charge is 2.28. The normalized spacial score (nSPS) is 12.5. The number of nitrogens with zero attached hydrogens (tertiary/aromatic N) is 3. The van der Waals surface area contributed by atoms with Gasteiger partial charge in [-0.1, -0.05) is 71.4 Å². The lowest BCUT2D eigenvalue weighted by molar-refractivity contribution is 0.423. The fourth-order valence-electron chi connectivity index (χ4n) is 4.11. The maximum Gasteiger partial charge on any atom is 0.158 e.